The molecule has 4 saturated carbocycles. The van der Waals surface area contributed by atoms with E-state index in [1.54, 1.807) is 0 Å². The van der Waals surface area contributed by atoms with Crippen LogP contribution in [0, 0.1) is 34.5 Å². The number of nitrogens with zero attached hydrogens (tertiary/aromatic N) is 1. The minimum atomic E-state index is -1.14. The zero-order valence-corrected chi connectivity index (χ0v) is 20.3. The lowest BCUT2D eigenvalue weighted by molar-refractivity contribution is -0.170. The number of carboxylic acid groups (broad SMARTS) is 1. The fourth-order valence-electron chi connectivity index (χ4n) is 8.59. The van der Waals surface area contributed by atoms with E-state index in [0.29, 0.717) is 42.3 Å². The third-order valence-corrected chi connectivity index (χ3v) is 10.8. The van der Waals surface area contributed by atoms with Crippen molar-refractivity contribution in [3.63, 3.8) is 0 Å². The molecule has 4 aliphatic carbocycles. The van der Waals surface area contributed by atoms with E-state index in [9.17, 15) is 19.8 Å². The lowest BCUT2D eigenvalue weighted by atomic mass is 9.44. The molecule has 4 aliphatic rings. The molecule has 0 heterocycles. The summed E-state index contributed by atoms with van der Waals surface area (Å²) in [4.78, 5) is 25.4. The molecule has 0 aromatic carbocycles. The first-order valence-corrected chi connectivity index (χ1v) is 13.0. The van der Waals surface area contributed by atoms with Crippen molar-refractivity contribution in [2.24, 2.45) is 34.5 Å². The van der Waals surface area contributed by atoms with Gasteiger partial charge in [-0.2, -0.15) is 0 Å². The van der Waals surface area contributed by atoms with Crippen LogP contribution in [-0.2, 0) is 4.79 Å². The molecule has 4 fully saturated rings. The Balaban J connectivity index is 1.63. The highest BCUT2D eigenvalue weighted by molar-refractivity contribution is 6.18. The first-order valence-electron chi connectivity index (χ1n) is 12.0. The van der Waals surface area contributed by atoms with Crippen LogP contribution < -0.4 is 0 Å². The van der Waals surface area contributed by atoms with Gasteiger partial charge in [-0.25, -0.2) is 4.79 Å². The molecule has 1 amide bonds. The molecular weight excluding hydrogens is 437 g/mol. The second-order valence-corrected chi connectivity index (χ2v) is 11.8. The average Bonchev–Trinajstić information content (AvgIpc) is 3.00. The summed E-state index contributed by atoms with van der Waals surface area (Å²) < 4.78 is 0. The minimum Gasteiger partial charge on any atom is -0.465 e. The van der Waals surface area contributed by atoms with Crippen molar-refractivity contribution in [1.82, 2.24) is 4.90 Å². The number of fused-ring (bicyclic) bond motifs is 5. The normalized spacial score (nSPS) is 45.4. The number of ketones is 1. The van der Waals surface area contributed by atoms with Crippen molar-refractivity contribution < 1.29 is 19.8 Å². The van der Waals surface area contributed by atoms with E-state index in [2.05, 4.69) is 13.8 Å². The SMILES string of the molecule is C[C@]12CCC(=O)CC1CCC1C2CC[C@@]2(C)C1CC[C@]2(O)C(CCl)N(CCCl)C(=O)O. The van der Waals surface area contributed by atoms with E-state index < -0.39 is 17.7 Å². The maximum Gasteiger partial charge on any atom is 0.407 e. The first-order chi connectivity index (χ1) is 14.6. The van der Waals surface area contributed by atoms with Crippen LogP contribution in [0.3, 0.4) is 0 Å². The van der Waals surface area contributed by atoms with Crippen LogP contribution in [0.4, 0.5) is 4.79 Å². The largest absolute Gasteiger partial charge is 0.465 e. The number of carbonyl (C=O) groups is 2. The lowest BCUT2D eigenvalue weighted by Crippen LogP contribution is -2.64. The van der Waals surface area contributed by atoms with Crippen LogP contribution in [0.15, 0.2) is 0 Å². The summed E-state index contributed by atoms with van der Waals surface area (Å²) in [5.74, 6) is 2.66. The lowest BCUT2D eigenvalue weighted by Gasteiger charge is -2.61. The van der Waals surface area contributed by atoms with E-state index in [1.165, 1.54) is 4.90 Å². The molecule has 7 heteroatoms. The van der Waals surface area contributed by atoms with Crippen molar-refractivity contribution in [1.29, 1.82) is 0 Å². The second-order valence-electron chi connectivity index (χ2n) is 11.2. The van der Waals surface area contributed by atoms with Gasteiger partial charge in [-0.3, -0.25) is 4.79 Å². The standard InChI is InChI=1S/C24H37Cl2NO4/c1-22-8-5-16(28)13-15(22)3-4-17-18(22)6-9-23(2)19(17)7-10-24(23,31)20(14-26)27(12-11-25)21(29)30/h15,17-20,31H,3-14H2,1-2H3,(H,29,30)/t15?,17?,18?,19?,20?,22-,23-,24-/m0/s1. The minimum absolute atomic E-state index is 0.0675. The molecule has 0 bridgehead atoms. The van der Waals surface area contributed by atoms with E-state index in [1.807, 2.05) is 0 Å². The van der Waals surface area contributed by atoms with Crippen LogP contribution in [0.5, 0.6) is 0 Å². The Morgan fingerprint density at radius 1 is 1.13 bits per heavy atom. The Morgan fingerprint density at radius 2 is 1.84 bits per heavy atom. The molecule has 176 valence electrons. The number of aliphatic hydroxyl groups is 1. The highest BCUT2D eigenvalue weighted by atomic mass is 35.5. The highest BCUT2D eigenvalue weighted by Gasteiger charge is 2.67. The fourth-order valence-corrected chi connectivity index (χ4v) is 9.19. The van der Waals surface area contributed by atoms with Crippen LogP contribution in [0.1, 0.15) is 71.6 Å². The van der Waals surface area contributed by atoms with Crippen LogP contribution in [0.2, 0.25) is 0 Å². The van der Waals surface area contributed by atoms with Crippen molar-refractivity contribution in [2.75, 3.05) is 18.3 Å². The molecule has 0 aliphatic heterocycles. The first kappa shape index (κ1) is 23.6. The Hall–Kier alpha value is -0.520. The van der Waals surface area contributed by atoms with E-state index in [4.69, 9.17) is 23.2 Å². The van der Waals surface area contributed by atoms with Crippen LogP contribution in [-0.4, -0.2) is 56.9 Å². The summed E-state index contributed by atoms with van der Waals surface area (Å²) >= 11 is 12.2. The molecule has 8 atom stereocenters. The molecule has 0 saturated heterocycles. The smallest absolute Gasteiger partial charge is 0.407 e. The number of carbonyl (C=O) groups excluding carboxylic acids is 1. The third kappa shape index (κ3) is 3.44. The van der Waals surface area contributed by atoms with Gasteiger partial charge in [0.2, 0.25) is 0 Å². The Bertz CT molecular complexity index is 734. The van der Waals surface area contributed by atoms with E-state index in [-0.39, 0.29) is 29.1 Å². The number of alkyl halides is 2. The predicted molar refractivity (Wildman–Crippen MR) is 122 cm³/mol. The molecule has 0 aromatic rings. The Kier molecular flexibility index (Phi) is 6.37. The topological polar surface area (TPSA) is 77.8 Å². The predicted octanol–water partition coefficient (Wildman–Crippen LogP) is 5.16. The molecule has 2 N–H and O–H groups in total. The fraction of sp³-hybridized carbons (Fsp3) is 0.917. The maximum atomic E-state index is 12.1. The number of amides is 1. The summed E-state index contributed by atoms with van der Waals surface area (Å²) in [6.07, 6.45) is 7.01. The van der Waals surface area contributed by atoms with Gasteiger partial charge in [0.15, 0.2) is 0 Å². The van der Waals surface area contributed by atoms with Gasteiger partial charge in [0, 0.05) is 36.6 Å². The Labute approximate surface area is 195 Å². The number of rotatable bonds is 5. The highest BCUT2D eigenvalue weighted by Crippen LogP contribution is 2.68. The molecular formula is C24H37Cl2NO4. The summed E-state index contributed by atoms with van der Waals surface area (Å²) in [6, 6.07) is -0.656. The molecule has 5 unspecified atom stereocenters. The monoisotopic (exact) mass is 473 g/mol. The van der Waals surface area contributed by atoms with Gasteiger partial charge in [-0.05, 0) is 74.0 Å². The molecule has 0 spiro atoms. The summed E-state index contributed by atoms with van der Waals surface area (Å²) in [6.45, 7) is 4.76. The maximum absolute atomic E-state index is 12.1. The molecule has 0 aromatic heterocycles. The van der Waals surface area contributed by atoms with Crippen molar-refractivity contribution in [3.05, 3.63) is 0 Å². The second kappa shape index (κ2) is 8.36. The van der Waals surface area contributed by atoms with E-state index in [0.717, 1.165) is 44.9 Å². The van der Waals surface area contributed by atoms with Gasteiger partial charge < -0.3 is 15.1 Å². The zero-order valence-electron chi connectivity index (χ0n) is 18.8. The number of Topliss-reactive ketones (excluding diaryl/α,β-unsaturated/α-hetero) is 1. The number of hydrogen-bond acceptors (Lipinski definition) is 3. The van der Waals surface area contributed by atoms with Gasteiger partial charge in [0.25, 0.3) is 0 Å². The van der Waals surface area contributed by atoms with Gasteiger partial charge >= 0.3 is 6.09 Å². The third-order valence-electron chi connectivity index (χ3n) is 10.3. The molecule has 31 heavy (non-hydrogen) atoms. The average molecular weight is 474 g/mol. The molecule has 0 radical (unpaired) electrons. The summed E-state index contributed by atoms with van der Waals surface area (Å²) in [7, 11) is 0. The summed E-state index contributed by atoms with van der Waals surface area (Å²) in [5.41, 5.74) is -1.28. The number of hydrogen-bond donors (Lipinski definition) is 2. The van der Waals surface area contributed by atoms with E-state index >= 15 is 0 Å². The van der Waals surface area contributed by atoms with Gasteiger partial charge in [0.1, 0.15) is 5.78 Å². The quantitative estimate of drug-likeness (QED) is 0.540. The van der Waals surface area contributed by atoms with Gasteiger partial charge in [-0.1, -0.05) is 13.8 Å². The van der Waals surface area contributed by atoms with Crippen molar-refractivity contribution >= 4 is 35.1 Å². The Morgan fingerprint density at radius 3 is 2.48 bits per heavy atom. The molecule has 5 nitrogen and oxygen atoms in total. The summed E-state index contributed by atoms with van der Waals surface area (Å²) in [5, 5.41) is 21.9. The zero-order chi connectivity index (χ0) is 22.6. The van der Waals surface area contributed by atoms with Crippen molar-refractivity contribution in [3.8, 4) is 0 Å². The van der Waals surface area contributed by atoms with Crippen molar-refractivity contribution in [2.45, 2.75) is 83.3 Å². The van der Waals surface area contributed by atoms with Gasteiger partial charge in [0.05, 0.1) is 11.6 Å². The van der Waals surface area contributed by atoms with Crippen LogP contribution in [0.25, 0.3) is 0 Å². The number of halogens is 2. The molecule has 4 rings (SSSR count). The van der Waals surface area contributed by atoms with Gasteiger partial charge in [-0.15, -0.1) is 23.2 Å². The van der Waals surface area contributed by atoms with Crippen LogP contribution >= 0.6 is 23.2 Å².